The molecule has 0 aliphatic carbocycles. The molecule has 25 heavy (non-hydrogen) atoms. The second-order valence-electron chi connectivity index (χ2n) is 5.95. The van der Waals surface area contributed by atoms with Crippen molar-refractivity contribution in [3.63, 3.8) is 0 Å². The maximum absolute atomic E-state index is 13.2. The summed E-state index contributed by atoms with van der Waals surface area (Å²) < 4.78 is 7.00. The van der Waals surface area contributed by atoms with Gasteiger partial charge in [0.25, 0.3) is 5.91 Å². The normalized spacial score (nSPS) is 12.9. The largest absolute Gasteiger partial charge is 0.497 e. The highest BCUT2D eigenvalue weighted by Gasteiger charge is 2.27. The molecule has 1 aliphatic rings. The van der Waals surface area contributed by atoms with E-state index in [0.29, 0.717) is 18.7 Å². The number of methoxy groups -OCH3 is 1. The van der Waals surface area contributed by atoms with Gasteiger partial charge < -0.3 is 9.64 Å². The van der Waals surface area contributed by atoms with E-state index in [0.717, 1.165) is 29.0 Å². The number of amides is 1. The lowest BCUT2D eigenvalue weighted by atomic mass is 10.1. The van der Waals surface area contributed by atoms with Gasteiger partial charge in [0.05, 0.1) is 13.7 Å². The Labute approximate surface area is 145 Å². The molecule has 4 rings (SSSR count). The van der Waals surface area contributed by atoms with Crippen LogP contribution in [0.3, 0.4) is 0 Å². The first-order valence-corrected chi connectivity index (χ1v) is 8.15. The van der Waals surface area contributed by atoms with Gasteiger partial charge in [-0.05, 0) is 41.8 Å². The van der Waals surface area contributed by atoms with Crippen LogP contribution in [0.1, 0.15) is 21.5 Å². The molecule has 1 aromatic heterocycles. The van der Waals surface area contributed by atoms with Gasteiger partial charge in [-0.1, -0.05) is 18.2 Å². The molecule has 126 valence electrons. The number of carbonyl (C=O) groups is 1. The molecule has 0 saturated carbocycles. The molecule has 0 N–H and O–H groups in total. The molecule has 6 heteroatoms. The summed E-state index contributed by atoms with van der Waals surface area (Å²) in [6.07, 6.45) is 3.98. The monoisotopic (exact) mass is 334 g/mol. The van der Waals surface area contributed by atoms with Crippen LogP contribution >= 0.6 is 0 Å². The number of hydrogen-bond acceptors (Lipinski definition) is 4. The first-order chi connectivity index (χ1) is 12.3. The fraction of sp³-hybridized carbons (Fsp3) is 0.211. The summed E-state index contributed by atoms with van der Waals surface area (Å²) in [5.74, 6) is 0.833. The van der Waals surface area contributed by atoms with Gasteiger partial charge in [-0.2, -0.15) is 5.10 Å². The Kier molecular flexibility index (Phi) is 3.93. The summed E-state index contributed by atoms with van der Waals surface area (Å²) in [5.41, 5.74) is 3.73. The molecule has 0 bridgehead atoms. The zero-order valence-electron chi connectivity index (χ0n) is 13.9. The van der Waals surface area contributed by atoms with Crippen LogP contribution in [-0.2, 0) is 13.0 Å². The number of hydrogen-bond donors (Lipinski definition) is 0. The highest BCUT2D eigenvalue weighted by Crippen LogP contribution is 2.32. The van der Waals surface area contributed by atoms with Gasteiger partial charge >= 0.3 is 0 Å². The van der Waals surface area contributed by atoms with Crippen LogP contribution < -0.4 is 9.64 Å². The number of benzene rings is 2. The molecule has 0 unspecified atom stereocenters. The van der Waals surface area contributed by atoms with Gasteiger partial charge in [-0.15, -0.1) is 0 Å². The quantitative estimate of drug-likeness (QED) is 0.736. The van der Waals surface area contributed by atoms with Gasteiger partial charge in [0.1, 0.15) is 18.4 Å². The standard InChI is InChI=1S/C19H18N4O2/c1-25-16-6-7-18-14(10-16)8-9-23(18)19(24)17-5-3-2-4-15(17)11-22-13-20-12-21-22/h2-7,10,12-13H,8-9,11H2,1H3. The maximum Gasteiger partial charge on any atom is 0.258 e. The Morgan fingerprint density at radius 1 is 1.24 bits per heavy atom. The van der Waals surface area contributed by atoms with E-state index in [2.05, 4.69) is 10.1 Å². The SMILES string of the molecule is COc1ccc2c(c1)CCN2C(=O)c1ccccc1Cn1cncn1. The third-order valence-electron chi connectivity index (χ3n) is 4.47. The predicted molar refractivity (Wildman–Crippen MR) is 93.9 cm³/mol. The molecule has 0 atom stereocenters. The summed E-state index contributed by atoms with van der Waals surface area (Å²) in [6, 6.07) is 13.5. The predicted octanol–water partition coefficient (Wildman–Crippen LogP) is 2.54. The van der Waals surface area contributed by atoms with Gasteiger partial charge in [0, 0.05) is 17.8 Å². The zero-order valence-corrected chi connectivity index (χ0v) is 13.9. The second-order valence-corrected chi connectivity index (χ2v) is 5.95. The molecular formula is C19H18N4O2. The van der Waals surface area contributed by atoms with E-state index in [1.165, 1.54) is 6.33 Å². The topological polar surface area (TPSA) is 60.2 Å². The third-order valence-corrected chi connectivity index (χ3v) is 4.47. The first-order valence-electron chi connectivity index (χ1n) is 8.15. The molecule has 2 heterocycles. The molecule has 0 spiro atoms. The van der Waals surface area contributed by atoms with Crippen molar-refractivity contribution in [2.75, 3.05) is 18.6 Å². The summed E-state index contributed by atoms with van der Waals surface area (Å²) in [5, 5.41) is 4.13. The first kappa shape index (κ1) is 15.4. The molecule has 2 aromatic carbocycles. The maximum atomic E-state index is 13.2. The number of carbonyl (C=O) groups excluding carboxylic acids is 1. The number of nitrogens with zero attached hydrogens (tertiary/aromatic N) is 4. The molecular weight excluding hydrogens is 316 g/mol. The minimum Gasteiger partial charge on any atom is -0.497 e. The van der Waals surface area contributed by atoms with E-state index in [9.17, 15) is 4.79 Å². The van der Waals surface area contributed by atoms with Crippen molar-refractivity contribution in [1.82, 2.24) is 14.8 Å². The van der Waals surface area contributed by atoms with Crippen LogP contribution in [0, 0.1) is 0 Å². The molecule has 6 nitrogen and oxygen atoms in total. The van der Waals surface area contributed by atoms with Crippen LogP contribution in [0.25, 0.3) is 0 Å². The Bertz CT molecular complexity index is 906. The van der Waals surface area contributed by atoms with E-state index < -0.39 is 0 Å². The number of aromatic nitrogens is 3. The van der Waals surface area contributed by atoms with Gasteiger partial charge in [-0.25, -0.2) is 9.67 Å². The van der Waals surface area contributed by atoms with Crippen molar-refractivity contribution in [2.24, 2.45) is 0 Å². The van der Waals surface area contributed by atoms with E-state index in [-0.39, 0.29) is 5.91 Å². The Morgan fingerprint density at radius 2 is 2.12 bits per heavy atom. The lowest BCUT2D eigenvalue weighted by Gasteiger charge is -2.19. The second kappa shape index (κ2) is 6.39. The number of ether oxygens (including phenoxy) is 1. The van der Waals surface area contributed by atoms with Gasteiger partial charge in [-0.3, -0.25) is 4.79 Å². The van der Waals surface area contributed by atoms with Crippen molar-refractivity contribution in [3.8, 4) is 5.75 Å². The third kappa shape index (κ3) is 2.87. The smallest absolute Gasteiger partial charge is 0.258 e. The van der Waals surface area contributed by atoms with Crippen LogP contribution in [0.2, 0.25) is 0 Å². The van der Waals surface area contributed by atoms with Gasteiger partial charge in [0.2, 0.25) is 0 Å². The van der Waals surface area contributed by atoms with Crippen LogP contribution in [0.15, 0.2) is 55.1 Å². The van der Waals surface area contributed by atoms with Crippen molar-refractivity contribution < 1.29 is 9.53 Å². The number of fused-ring (bicyclic) bond motifs is 1. The van der Waals surface area contributed by atoms with E-state index >= 15 is 0 Å². The minimum atomic E-state index is 0.0135. The van der Waals surface area contributed by atoms with Crippen molar-refractivity contribution in [1.29, 1.82) is 0 Å². The molecule has 1 amide bonds. The van der Waals surface area contributed by atoms with Crippen LogP contribution in [0.4, 0.5) is 5.69 Å². The molecule has 0 saturated heterocycles. The Balaban J connectivity index is 1.65. The Morgan fingerprint density at radius 3 is 2.92 bits per heavy atom. The minimum absolute atomic E-state index is 0.0135. The van der Waals surface area contributed by atoms with E-state index in [1.807, 2.05) is 47.4 Å². The van der Waals surface area contributed by atoms with Gasteiger partial charge in [0.15, 0.2) is 0 Å². The van der Waals surface area contributed by atoms with E-state index in [1.54, 1.807) is 18.1 Å². The molecule has 1 aliphatic heterocycles. The Hall–Kier alpha value is -3.15. The average molecular weight is 334 g/mol. The fourth-order valence-electron chi connectivity index (χ4n) is 3.22. The molecule has 0 fully saturated rings. The average Bonchev–Trinajstić information content (AvgIpc) is 3.30. The number of rotatable bonds is 4. The summed E-state index contributed by atoms with van der Waals surface area (Å²) in [6.45, 7) is 1.20. The van der Waals surface area contributed by atoms with Crippen molar-refractivity contribution in [3.05, 3.63) is 71.8 Å². The molecule has 0 radical (unpaired) electrons. The zero-order chi connectivity index (χ0) is 17.2. The lowest BCUT2D eigenvalue weighted by molar-refractivity contribution is 0.0988. The fourth-order valence-corrected chi connectivity index (χ4v) is 3.22. The van der Waals surface area contributed by atoms with Crippen LogP contribution in [0.5, 0.6) is 5.75 Å². The highest BCUT2D eigenvalue weighted by atomic mass is 16.5. The summed E-state index contributed by atoms with van der Waals surface area (Å²) in [4.78, 5) is 19.0. The summed E-state index contributed by atoms with van der Waals surface area (Å²) >= 11 is 0. The lowest BCUT2D eigenvalue weighted by Crippen LogP contribution is -2.30. The van der Waals surface area contributed by atoms with Crippen molar-refractivity contribution >= 4 is 11.6 Å². The number of anilines is 1. The summed E-state index contributed by atoms with van der Waals surface area (Å²) in [7, 11) is 1.65. The van der Waals surface area contributed by atoms with Crippen LogP contribution in [-0.4, -0.2) is 34.3 Å². The van der Waals surface area contributed by atoms with Crippen molar-refractivity contribution in [2.45, 2.75) is 13.0 Å². The highest BCUT2D eigenvalue weighted by molar-refractivity contribution is 6.08. The molecule has 3 aromatic rings. The van der Waals surface area contributed by atoms with E-state index in [4.69, 9.17) is 4.74 Å².